The topological polar surface area (TPSA) is 91.5 Å². The Morgan fingerprint density at radius 3 is 2.95 bits per heavy atom. The van der Waals surface area contributed by atoms with E-state index in [0.29, 0.717) is 17.4 Å². The number of nitrogens with zero attached hydrogens (tertiary/aromatic N) is 3. The molecule has 0 saturated heterocycles. The molecule has 3 aromatic rings. The molecule has 110 valence electrons. The van der Waals surface area contributed by atoms with Crippen LogP contribution in [0.3, 0.4) is 0 Å². The monoisotopic (exact) mass is 312 g/mol. The number of nitrogens with one attached hydrogen (secondary N) is 1. The van der Waals surface area contributed by atoms with Gasteiger partial charge in [-0.25, -0.2) is 4.98 Å². The average molecular weight is 312 g/mol. The van der Waals surface area contributed by atoms with Gasteiger partial charge in [-0.05, 0) is 18.6 Å². The standard InChI is InChI=1S/C15H12N4O2S/c1-2-10-8-22-13(17-10)7-19-4-3-12-11(15(19)21)5-9(6-16)14(20)18-12/h3-5,8H,2,7H2,1H3,(H,18,20). The van der Waals surface area contributed by atoms with Crippen LogP contribution < -0.4 is 11.1 Å². The summed E-state index contributed by atoms with van der Waals surface area (Å²) in [6.07, 6.45) is 2.48. The fraction of sp³-hybridized carbons (Fsp3) is 0.200. The normalized spacial score (nSPS) is 10.7. The minimum absolute atomic E-state index is 0.0649. The van der Waals surface area contributed by atoms with E-state index in [0.717, 1.165) is 17.1 Å². The number of hydrogen-bond donors (Lipinski definition) is 1. The van der Waals surface area contributed by atoms with Crippen molar-refractivity contribution in [3.63, 3.8) is 0 Å². The number of aryl methyl sites for hydroxylation is 1. The van der Waals surface area contributed by atoms with E-state index < -0.39 is 5.56 Å². The van der Waals surface area contributed by atoms with Gasteiger partial charge in [0.05, 0.1) is 23.1 Å². The average Bonchev–Trinajstić information content (AvgIpc) is 2.97. The molecule has 0 aromatic carbocycles. The highest BCUT2D eigenvalue weighted by atomic mass is 32.1. The summed E-state index contributed by atoms with van der Waals surface area (Å²) in [5.41, 5.74) is 0.631. The van der Waals surface area contributed by atoms with Gasteiger partial charge >= 0.3 is 0 Å². The first-order valence-electron chi connectivity index (χ1n) is 6.72. The lowest BCUT2D eigenvalue weighted by atomic mass is 10.2. The molecule has 0 fully saturated rings. The summed E-state index contributed by atoms with van der Waals surface area (Å²) in [6, 6.07) is 4.79. The van der Waals surface area contributed by atoms with Gasteiger partial charge in [-0.1, -0.05) is 6.92 Å². The van der Waals surface area contributed by atoms with Gasteiger partial charge in [-0.15, -0.1) is 11.3 Å². The minimum Gasteiger partial charge on any atom is -0.321 e. The molecule has 6 nitrogen and oxygen atoms in total. The second-order valence-electron chi connectivity index (χ2n) is 4.79. The molecule has 0 aliphatic rings. The third-order valence-electron chi connectivity index (χ3n) is 3.37. The summed E-state index contributed by atoms with van der Waals surface area (Å²) in [7, 11) is 0. The Kier molecular flexibility index (Phi) is 3.61. The van der Waals surface area contributed by atoms with Crippen LogP contribution >= 0.6 is 11.3 Å². The zero-order valence-corrected chi connectivity index (χ0v) is 12.6. The maximum absolute atomic E-state index is 12.5. The van der Waals surface area contributed by atoms with Gasteiger partial charge in [0.2, 0.25) is 0 Å². The molecule has 7 heteroatoms. The molecule has 0 atom stereocenters. The van der Waals surface area contributed by atoms with E-state index in [9.17, 15) is 9.59 Å². The number of nitriles is 1. The number of thiazole rings is 1. The van der Waals surface area contributed by atoms with Crippen LogP contribution in [-0.4, -0.2) is 14.5 Å². The van der Waals surface area contributed by atoms with Crippen LogP contribution in [0.4, 0.5) is 0 Å². The molecule has 0 bridgehead atoms. The van der Waals surface area contributed by atoms with Gasteiger partial charge in [0.1, 0.15) is 16.6 Å². The summed E-state index contributed by atoms with van der Waals surface area (Å²) in [4.78, 5) is 31.1. The Balaban J connectivity index is 2.10. The lowest BCUT2D eigenvalue weighted by molar-refractivity contribution is 0.757. The minimum atomic E-state index is -0.486. The van der Waals surface area contributed by atoms with Gasteiger partial charge in [0.25, 0.3) is 11.1 Å². The summed E-state index contributed by atoms with van der Waals surface area (Å²) < 4.78 is 1.53. The fourth-order valence-corrected chi connectivity index (χ4v) is 3.05. The Bertz CT molecular complexity index is 1010. The first kappa shape index (κ1) is 14.2. The SMILES string of the molecule is CCc1csc(Cn2ccc3[nH]c(=O)c(C#N)cc3c2=O)n1. The lowest BCUT2D eigenvalue weighted by Crippen LogP contribution is -2.22. The largest absolute Gasteiger partial charge is 0.321 e. The van der Waals surface area contributed by atoms with Crippen molar-refractivity contribution in [3.8, 4) is 6.07 Å². The number of H-pyrrole nitrogens is 1. The molecule has 0 aliphatic heterocycles. The Hall–Kier alpha value is -2.72. The molecule has 3 heterocycles. The van der Waals surface area contributed by atoms with E-state index in [1.165, 1.54) is 22.0 Å². The molecule has 1 N–H and O–H groups in total. The highest BCUT2D eigenvalue weighted by Gasteiger charge is 2.09. The van der Waals surface area contributed by atoms with Crippen LogP contribution in [0, 0.1) is 11.3 Å². The molecule has 0 saturated carbocycles. The van der Waals surface area contributed by atoms with Gasteiger partial charge in [0, 0.05) is 11.6 Å². The number of rotatable bonds is 3. The van der Waals surface area contributed by atoms with Crippen LogP contribution in [0.5, 0.6) is 0 Å². The second kappa shape index (κ2) is 5.58. The Morgan fingerprint density at radius 1 is 1.45 bits per heavy atom. The van der Waals surface area contributed by atoms with Gasteiger partial charge in [-0.3, -0.25) is 9.59 Å². The predicted octanol–water partition coefficient (Wildman–Crippen LogP) is 1.63. The molecule has 0 unspecified atom stereocenters. The fourth-order valence-electron chi connectivity index (χ4n) is 2.18. The van der Waals surface area contributed by atoms with E-state index in [2.05, 4.69) is 9.97 Å². The van der Waals surface area contributed by atoms with Crippen molar-refractivity contribution in [2.45, 2.75) is 19.9 Å². The van der Waals surface area contributed by atoms with Crippen molar-refractivity contribution in [2.24, 2.45) is 0 Å². The predicted molar refractivity (Wildman–Crippen MR) is 84.1 cm³/mol. The molecule has 0 aliphatic carbocycles. The maximum Gasteiger partial charge on any atom is 0.266 e. The summed E-state index contributed by atoms with van der Waals surface area (Å²) >= 11 is 1.51. The number of fused-ring (bicyclic) bond motifs is 1. The van der Waals surface area contributed by atoms with Crippen molar-refractivity contribution in [1.82, 2.24) is 14.5 Å². The van der Waals surface area contributed by atoms with E-state index in [1.807, 2.05) is 12.3 Å². The van der Waals surface area contributed by atoms with Crippen LogP contribution in [0.1, 0.15) is 23.2 Å². The second-order valence-corrected chi connectivity index (χ2v) is 5.73. The van der Waals surface area contributed by atoms with E-state index in [-0.39, 0.29) is 11.1 Å². The van der Waals surface area contributed by atoms with Crippen molar-refractivity contribution in [3.05, 3.63) is 60.7 Å². The zero-order chi connectivity index (χ0) is 15.7. The van der Waals surface area contributed by atoms with Gasteiger partial charge in [-0.2, -0.15) is 5.26 Å². The molecule has 0 amide bonds. The molecule has 0 radical (unpaired) electrons. The molecule has 3 aromatic heterocycles. The maximum atomic E-state index is 12.5. The highest BCUT2D eigenvalue weighted by Crippen LogP contribution is 2.12. The quantitative estimate of drug-likeness (QED) is 0.795. The highest BCUT2D eigenvalue weighted by molar-refractivity contribution is 7.09. The van der Waals surface area contributed by atoms with Crippen LogP contribution in [0.15, 0.2) is 33.3 Å². The lowest BCUT2D eigenvalue weighted by Gasteiger charge is -2.05. The van der Waals surface area contributed by atoms with Crippen molar-refractivity contribution < 1.29 is 0 Å². The van der Waals surface area contributed by atoms with Gasteiger partial charge in [0.15, 0.2) is 0 Å². The van der Waals surface area contributed by atoms with E-state index >= 15 is 0 Å². The summed E-state index contributed by atoms with van der Waals surface area (Å²) in [5.74, 6) is 0. The first-order chi connectivity index (χ1) is 10.6. The van der Waals surface area contributed by atoms with E-state index in [4.69, 9.17) is 5.26 Å². The molecular formula is C15H12N4O2S. The summed E-state index contributed by atoms with van der Waals surface area (Å²) in [6.45, 7) is 2.40. The van der Waals surface area contributed by atoms with Crippen molar-refractivity contribution >= 4 is 22.2 Å². The van der Waals surface area contributed by atoms with Gasteiger partial charge < -0.3 is 9.55 Å². The van der Waals surface area contributed by atoms with E-state index in [1.54, 1.807) is 18.3 Å². The third-order valence-corrected chi connectivity index (χ3v) is 4.25. The van der Waals surface area contributed by atoms with Crippen LogP contribution in [0.2, 0.25) is 0 Å². The number of aromatic nitrogens is 3. The van der Waals surface area contributed by atoms with Crippen molar-refractivity contribution in [1.29, 1.82) is 5.26 Å². The summed E-state index contributed by atoms with van der Waals surface area (Å²) in [5, 5.41) is 12.1. The zero-order valence-electron chi connectivity index (χ0n) is 11.8. The molecule has 3 rings (SSSR count). The van der Waals surface area contributed by atoms with Crippen LogP contribution in [0.25, 0.3) is 10.9 Å². The van der Waals surface area contributed by atoms with Crippen LogP contribution in [-0.2, 0) is 13.0 Å². The smallest absolute Gasteiger partial charge is 0.266 e. The Labute approximate surface area is 129 Å². The van der Waals surface area contributed by atoms with Crippen molar-refractivity contribution in [2.75, 3.05) is 0 Å². The first-order valence-corrected chi connectivity index (χ1v) is 7.60. The molecule has 22 heavy (non-hydrogen) atoms. The third kappa shape index (κ3) is 2.44. The number of aromatic amines is 1. The molecular weight excluding hydrogens is 300 g/mol. The number of pyridine rings is 2. The Morgan fingerprint density at radius 2 is 2.27 bits per heavy atom. The molecule has 0 spiro atoms. The number of hydrogen-bond acceptors (Lipinski definition) is 5.